The maximum absolute atomic E-state index is 12.3. The first-order valence-corrected chi connectivity index (χ1v) is 8.96. The third kappa shape index (κ3) is 5.38. The number of hydrogen-bond donors (Lipinski definition) is 2. The van der Waals surface area contributed by atoms with Crippen molar-refractivity contribution in [2.24, 2.45) is 4.99 Å². The standard InChI is InChI=1S/C19H22F2N6O/c1-2-22-19(24-12-18-26-25-17-8-3-4-9-27(17)18)23-11-14-6-5-7-15(10-14)28-13-16(20)21/h3-10,16H,2,11-13H2,1H3,(H2,22,23,24). The Morgan fingerprint density at radius 3 is 2.89 bits per heavy atom. The van der Waals surface area contributed by atoms with Crippen LogP contribution in [0.1, 0.15) is 18.3 Å². The van der Waals surface area contributed by atoms with Crippen molar-refractivity contribution in [3.63, 3.8) is 0 Å². The Balaban J connectivity index is 1.63. The van der Waals surface area contributed by atoms with Crippen LogP contribution in [-0.2, 0) is 13.1 Å². The smallest absolute Gasteiger partial charge is 0.272 e. The Labute approximate surface area is 161 Å². The molecule has 0 radical (unpaired) electrons. The fraction of sp³-hybridized carbons (Fsp3) is 0.316. The van der Waals surface area contributed by atoms with Crippen molar-refractivity contribution < 1.29 is 13.5 Å². The van der Waals surface area contributed by atoms with E-state index in [-0.39, 0.29) is 0 Å². The summed E-state index contributed by atoms with van der Waals surface area (Å²) in [5, 5.41) is 14.7. The molecule has 0 aliphatic carbocycles. The number of halogens is 2. The first-order valence-electron chi connectivity index (χ1n) is 8.96. The number of rotatable bonds is 8. The Kier molecular flexibility index (Phi) is 6.72. The average molecular weight is 388 g/mol. The maximum Gasteiger partial charge on any atom is 0.272 e. The summed E-state index contributed by atoms with van der Waals surface area (Å²) in [6, 6.07) is 12.7. The third-order valence-electron chi connectivity index (χ3n) is 3.84. The number of alkyl halides is 2. The molecule has 3 rings (SSSR count). The predicted molar refractivity (Wildman–Crippen MR) is 103 cm³/mol. The predicted octanol–water partition coefficient (Wildman–Crippen LogP) is 2.63. The van der Waals surface area contributed by atoms with E-state index in [0.29, 0.717) is 31.3 Å². The molecule has 0 aliphatic rings. The van der Waals surface area contributed by atoms with Gasteiger partial charge in [0.05, 0.1) is 13.1 Å². The van der Waals surface area contributed by atoms with Crippen molar-refractivity contribution in [1.29, 1.82) is 0 Å². The number of benzene rings is 1. The largest absolute Gasteiger partial charge is 0.488 e. The SMILES string of the molecule is CCNC(=NCc1cccc(OCC(F)F)c1)NCc1nnc2ccccn12. The Morgan fingerprint density at radius 1 is 1.18 bits per heavy atom. The van der Waals surface area contributed by atoms with Gasteiger partial charge in [0.2, 0.25) is 0 Å². The van der Waals surface area contributed by atoms with E-state index >= 15 is 0 Å². The average Bonchev–Trinajstić information content (AvgIpc) is 3.12. The van der Waals surface area contributed by atoms with Gasteiger partial charge in [-0.15, -0.1) is 10.2 Å². The summed E-state index contributed by atoms with van der Waals surface area (Å²) in [7, 11) is 0. The molecule has 0 atom stereocenters. The van der Waals surface area contributed by atoms with E-state index in [0.717, 1.165) is 17.0 Å². The third-order valence-corrected chi connectivity index (χ3v) is 3.84. The summed E-state index contributed by atoms with van der Waals surface area (Å²) in [5.41, 5.74) is 1.64. The van der Waals surface area contributed by atoms with Gasteiger partial charge >= 0.3 is 0 Å². The summed E-state index contributed by atoms with van der Waals surface area (Å²) in [6.07, 6.45) is -0.596. The van der Waals surface area contributed by atoms with Crippen molar-refractivity contribution in [1.82, 2.24) is 25.2 Å². The quantitative estimate of drug-likeness (QED) is 0.458. The zero-order valence-electron chi connectivity index (χ0n) is 15.5. The molecule has 0 aliphatic heterocycles. The molecule has 0 unspecified atom stereocenters. The molecular weight excluding hydrogens is 366 g/mol. The Hall–Kier alpha value is -3.23. The van der Waals surface area contributed by atoms with E-state index in [1.165, 1.54) is 0 Å². The number of guanidine groups is 1. The highest BCUT2D eigenvalue weighted by atomic mass is 19.3. The van der Waals surface area contributed by atoms with Gasteiger partial charge in [-0.05, 0) is 36.8 Å². The molecule has 9 heteroatoms. The van der Waals surface area contributed by atoms with Crippen molar-refractivity contribution in [2.45, 2.75) is 26.4 Å². The van der Waals surface area contributed by atoms with Gasteiger partial charge in [0.1, 0.15) is 12.4 Å². The van der Waals surface area contributed by atoms with Gasteiger partial charge in [-0.1, -0.05) is 18.2 Å². The molecule has 0 amide bonds. The zero-order valence-corrected chi connectivity index (χ0v) is 15.5. The number of fused-ring (bicyclic) bond motifs is 1. The summed E-state index contributed by atoms with van der Waals surface area (Å²) < 4.78 is 31.5. The normalized spacial score (nSPS) is 11.8. The van der Waals surface area contributed by atoms with Gasteiger partial charge in [-0.3, -0.25) is 4.40 Å². The second-order valence-corrected chi connectivity index (χ2v) is 5.94. The van der Waals surface area contributed by atoms with Crippen molar-refractivity contribution in [3.05, 3.63) is 60.0 Å². The van der Waals surface area contributed by atoms with E-state index in [4.69, 9.17) is 4.74 Å². The molecule has 7 nitrogen and oxygen atoms in total. The molecule has 3 aromatic rings. The molecule has 2 N–H and O–H groups in total. The lowest BCUT2D eigenvalue weighted by Crippen LogP contribution is -2.37. The lowest BCUT2D eigenvalue weighted by atomic mass is 10.2. The van der Waals surface area contributed by atoms with E-state index in [9.17, 15) is 8.78 Å². The van der Waals surface area contributed by atoms with Crippen LogP contribution in [0.5, 0.6) is 5.75 Å². The number of ether oxygens (including phenoxy) is 1. The molecule has 2 heterocycles. The highest BCUT2D eigenvalue weighted by Crippen LogP contribution is 2.15. The number of aromatic nitrogens is 3. The lowest BCUT2D eigenvalue weighted by Gasteiger charge is -2.11. The van der Waals surface area contributed by atoms with E-state index < -0.39 is 13.0 Å². The van der Waals surface area contributed by atoms with Gasteiger partial charge in [0.25, 0.3) is 6.43 Å². The molecular formula is C19H22F2N6O. The molecule has 148 valence electrons. The summed E-state index contributed by atoms with van der Waals surface area (Å²) in [4.78, 5) is 4.53. The van der Waals surface area contributed by atoms with Crippen LogP contribution in [0.3, 0.4) is 0 Å². The van der Waals surface area contributed by atoms with Crippen LogP contribution in [0.25, 0.3) is 5.65 Å². The monoisotopic (exact) mass is 388 g/mol. The second-order valence-electron chi connectivity index (χ2n) is 5.94. The van der Waals surface area contributed by atoms with Crippen LogP contribution in [0.2, 0.25) is 0 Å². The fourth-order valence-corrected chi connectivity index (χ4v) is 2.58. The zero-order chi connectivity index (χ0) is 19.8. The summed E-state index contributed by atoms with van der Waals surface area (Å²) in [5.74, 6) is 1.79. The number of aliphatic imine (C=N–C) groups is 1. The first kappa shape index (κ1) is 19.5. The highest BCUT2D eigenvalue weighted by molar-refractivity contribution is 5.79. The van der Waals surface area contributed by atoms with Crippen LogP contribution in [0, 0.1) is 0 Å². The first-order chi connectivity index (χ1) is 13.7. The minimum absolute atomic E-state index is 0.377. The van der Waals surface area contributed by atoms with E-state index in [1.54, 1.807) is 18.2 Å². The number of pyridine rings is 1. The van der Waals surface area contributed by atoms with Crippen LogP contribution >= 0.6 is 0 Å². The Morgan fingerprint density at radius 2 is 2.07 bits per heavy atom. The van der Waals surface area contributed by atoms with Crippen molar-refractivity contribution >= 4 is 11.6 Å². The lowest BCUT2D eigenvalue weighted by molar-refractivity contribution is 0.0818. The highest BCUT2D eigenvalue weighted by Gasteiger charge is 2.06. The van der Waals surface area contributed by atoms with Crippen molar-refractivity contribution in [2.75, 3.05) is 13.2 Å². The molecule has 0 saturated heterocycles. The van der Waals surface area contributed by atoms with Crippen molar-refractivity contribution in [3.8, 4) is 5.75 Å². The summed E-state index contributed by atoms with van der Waals surface area (Å²) >= 11 is 0. The number of nitrogens with zero attached hydrogens (tertiary/aromatic N) is 4. The van der Waals surface area contributed by atoms with Crippen LogP contribution in [-0.4, -0.2) is 40.1 Å². The molecule has 2 aromatic heterocycles. The fourth-order valence-electron chi connectivity index (χ4n) is 2.58. The minimum atomic E-state index is -2.50. The van der Waals surface area contributed by atoms with Gasteiger partial charge in [-0.25, -0.2) is 13.8 Å². The molecule has 0 fully saturated rings. The maximum atomic E-state index is 12.3. The van der Waals surface area contributed by atoms with E-state index in [1.807, 2.05) is 41.8 Å². The number of hydrogen-bond acceptors (Lipinski definition) is 4. The molecule has 0 spiro atoms. The van der Waals surface area contributed by atoms with Gasteiger partial charge in [0.15, 0.2) is 17.4 Å². The Bertz CT molecular complexity index is 927. The summed E-state index contributed by atoms with van der Waals surface area (Å²) in [6.45, 7) is 2.88. The minimum Gasteiger partial charge on any atom is -0.488 e. The van der Waals surface area contributed by atoms with E-state index in [2.05, 4.69) is 25.8 Å². The van der Waals surface area contributed by atoms with Gasteiger partial charge in [-0.2, -0.15) is 0 Å². The molecule has 0 bridgehead atoms. The molecule has 1 aromatic carbocycles. The van der Waals surface area contributed by atoms with Crippen LogP contribution in [0.4, 0.5) is 8.78 Å². The van der Waals surface area contributed by atoms with Crippen LogP contribution < -0.4 is 15.4 Å². The topological polar surface area (TPSA) is 75.8 Å². The molecule has 28 heavy (non-hydrogen) atoms. The second kappa shape index (κ2) is 9.63. The molecule has 0 saturated carbocycles. The number of nitrogens with one attached hydrogen (secondary N) is 2. The van der Waals surface area contributed by atoms with Crippen LogP contribution in [0.15, 0.2) is 53.7 Å². The van der Waals surface area contributed by atoms with Gasteiger partial charge in [0, 0.05) is 12.7 Å². The van der Waals surface area contributed by atoms with Gasteiger partial charge < -0.3 is 15.4 Å².